The molecule has 2 aromatic rings. The van der Waals surface area contributed by atoms with E-state index in [9.17, 15) is 4.79 Å². The number of rotatable bonds is 6. The second-order valence-corrected chi connectivity index (χ2v) is 6.84. The van der Waals surface area contributed by atoms with Crippen LogP contribution in [0.5, 0.6) is 5.75 Å². The summed E-state index contributed by atoms with van der Waals surface area (Å²) in [6.45, 7) is 3.92. The van der Waals surface area contributed by atoms with E-state index < -0.39 is 0 Å². The fraction of sp³-hybridized carbons (Fsp3) is 0.381. The average Bonchev–Trinajstić information content (AvgIpc) is 3.08. The number of hydrogen-bond acceptors (Lipinski definition) is 4. The van der Waals surface area contributed by atoms with Gasteiger partial charge in [-0.05, 0) is 18.6 Å². The minimum Gasteiger partial charge on any atom is -0.496 e. The van der Waals surface area contributed by atoms with E-state index >= 15 is 0 Å². The third kappa shape index (κ3) is 4.06. The number of benzene rings is 2. The molecule has 3 rings (SSSR count). The number of nitrogens with zero attached hydrogens (tertiary/aromatic N) is 1. The van der Waals surface area contributed by atoms with Gasteiger partial charge in [0, 0.05) is 37.2 Å². The number of amides is 1. The van der Waals surface area contributed by atoms with Crippen LogP contribution in [0.4, 0.5) is 0 Å². The summed E-state index contributed by atoms with van der Waals surface area (Å²) in [5, 5.41) is 3.02. The van der Waals surface area contributed by atoms with E-state index in [0.29, 0.717) is 6.54 Å². The second kappa shape index (κ2) is 8.34. The van der Waals surface area contributed by atoms with Crippen LogP contribution in [0.25, 0.3) is 0 Å². The molecule has 0 aliphatic carbocycles. The molecule has 3 atom stereocenters. The molecule has 0 spiro atoms. The van der Waals surface area contributed by atoms with Gasteiger partial charge in [-0.2, -0.15) is 0 Å². The smallest absolute Gasteiger partial charge is 0.237 e. The van der Waals surface area contributed by atoms with Crippen molar-refractivity contribution in [2.75, 3.05) is 20.2 Å². The molecule has 5 nitrogen and oxygen atoms in total. The van der Waals surface area contributed by atoms with Gasteiger partial charge in [0.1, 0.15) is 5.75 Å². The third-order valence-electron chi connectivity index (χ3n) is 5.19. The molecule has 1 amide bonds. The van der Waals surface area contributed by atoms with Crippen LogP contribution in [0.1, 0.15) is 24.0 Å². The Morgan fingerprint density at radius 3 is 2.62 bits per heavy atom. The maximum absolute atomic E-state index is 12.6. The lowest BCUT2D eigenvalue weighted by Crippen LogP contribution is -2.44. The van der Waals surface area contributed by atoms with Crippen LogP contribution >= 0.6 is 0 Å². The Bertz CT molecular complexity index is 735. The normalized spacial score (nSPS) is 21.3. The highest BCUT2D eigenvalue weighted by atomic mass is 16.5. The van der Waals surface area contributed by atoms with Gasteiger partial charge < -0.3 is 15.8 Å². The van der Waals surface area contributed by atoms with Gasteiger partial charge in [-0.25, -0.2) is 0 Å². The van der Waals surface area contributed by atoms with Crippen LogP contribution in [0.3, 0.4) is 0 Å². The van der Waals surface area contributed by atoms with Gasteiger partial charge in [0.25, 0.3) is 0 Å². The lowest BCUT2D eigenvalue weighted by molar-refractivity contribution is -0.125. The highest BCUT2D eigenvalue weighted by Crippen LogP contribution is 2.27. The monoisotopic (exact) mass is 353 g/mol. The molecule has 26 heavy (non-hydrogen) atoms. The Labute approximate surface area is 155 Å². The zero-order valence-electron chi connectivity index (χ0n) is 15.4. The van der Waals surface area contributed by atoms with Crippen molar-refractivity contribution in [3.05, 3.63) is 65.7 Å². The Kier molecular flexibility index (Phi) is 5.91. The summed E-state index contributed by atoms with van der Waals surface area (Å²) in [7, 11) is 1.64. The molecule has 0 bridgehead atoms. The van der Waals surface area contributed by atoms with Crippen molar-refractivity contribution < 1.29 is 9.53 Å². The number of nitrogens with one attached hydrogen (secondary N) is 1. The zero-order chi connectivity index (χ0) is 18.5. The minimum absolute atomic E-state index is 0.0109. The first-order chi connectivity index (χ1) is 12.6. The fourth-order valence-electron chi connectivity index (χ4n) is 3.57. The highest BCUT2D eigenvalue weighted by molar-refractivity contribution is 5.81. The van der Waals surface area contributed by atoms with Gasteiger partial charge in [-0.15, -0.1) is 0 Å². The summed E-state index contributed by atoms with van der Waals surface area (Å²) in [6.07, 6.45) is 0. The summed E-state index contributed by atoms with van der Waals surface area (Å²) in [5.74, 6) is 1.06. The SMILES string of the molecule is COc1ccccc1CNC(=O)C(C)N1C[C@@H](N)[C@H](c2ccccc2)C1. The number of ether oxygens (including phenoxy) is 1. The van der Waals surface area contributed by atoms with Crippen molar-refractivity contribution in [3.63, 3.8) is 0 Å². The first-order valence-corrected chi connectivity index (χ1v) is 9.04. The van der Waals surface area contributed by atoms with Crippen molar-refractivity contribution in [2.45, 2.75) is 31.5 Å². The zero-order valence-corrected chi connectivity index (χ0v) is 15.4. The molecule has 1 aliphatic rings. The largest absolute Gasteiger partial charge is 0.496 e. The van der Waals surface area contributed by atoms with E-state index in [1.807, 2.05) is 49.4 Å². The number of hydrogen-bond donors (Lipinski definition) is 2. The van der Waals surface area contributed by atoms with Crippen molar-refractivity contribution >= 4 is 5.91 Å². The van der Waals surface area contributed by atoms with Gasteiger partial charge >= 0.3 is 0 Å². The topological polar surface area (TPSA) is 67.6 Å². The summed E-state index contributed by atoms with van der Waals surface area (Å²) in [6, 6.07) is 17.8. The summed E-state index contributed by atoms with van der Waals surface area (Å²) < 4.78 is 5.34. The lowest BCUT2D eigenvalue weighted by atomic mass is 9.95. The van der Waals surface area contributed by atoms with Crippen molar-refractivity contribution in [1.29, 1.82) is 0 Å². The van der Waals surface area contributed by atoms with Crippen LogP contribution in [-0.4, -0.2) is 43.1 Å². The molecule has 1 unspecified atom stereocenters. The van der Waals surface area contributed by atoms with Crippen molar-refractivity contribution in [2.24, 2.45) is 5.73 Å². The lowest BCUT2D eigenvalue weighted by Gasteiger charge is -2.23. The van der Waals surface area contributed by atoms with Crippen molar-refractivity contribution in [3.8, 4) is 5.75 Å². The minimum atomic E-state index is -0.218. The molecule has 0 radical (unpaired) electrons. The van der Waals surface area contributed by atoms with E-state index in [-0.39, 0.29) is 23.9 Å². The molecule has 0 aromatic heterocycles. The molecule has 1 heterocycles. The molecule has 2 aromatic carbocycles. The van der Waals surface area contributed by atoms with E-state index in [2.05, 4.69) is 22.3 Å². The number of para-hydroxylation sites is 1. The van der Waals surface area contributed by atoms with Crippen LogP contribution in [0, 0.1) is 0 Å². The van der Waals surface area contributed by atoms with E-state index in [4.69, 9.17) is 10.5 Å². The van der Waals surface area contributed by atoms with Crippen molar-refractivity contribution in [1.82, 2.24) is 10.2 Å². The number of methoxy groups -OCH3 is 1. The molecular formula is C21H27N3O2. The number of likely N-dealkylation sites (tertiary alicyclic amines) is 1. The van der Waals surface area contributed by atoms with Gasteiger partial charge in [0.2, 0.25) is 5.91 Å². The Morgan fingerprint density at radius 2 is 1.88 bits per heavy atom. The van der Waals surface area contributed by atoms with Crippen LogP contribution in [0.2, 0.25) is 0 Å². The predicted molar refractivity (Wildman–Crippen MR) is 103 cm³/mol. The fourth-order valence-corrected chi connectivity index (χ4v) is 3.57. The van der Waals surface area contributed by atoms with Gasteiger partial charge in [-0.1, -0.05) is 48.5 Å². The van der Waals surface area contributed by atoms with Crippen LogP contribution in [0.15, 0.2) is 54.6 Å². The highest BCUT2D eigenvalue weighted by Gasteiger charge is 2.35. The summed E-state index contributed by atoms with van der Waals surface area (Å²) in [5.41, 5.74) is 8.56. The Balaban J connectivity index is 1.59. The second-order valence-electron chi connectivity index (χ2n) is 6.84. The quantitative estimate of drug-likeness (QED) is 0.835. The molecule has 1 aliphatic heterocycles. The van der Waals surface area contributed by atoms with Crippen LogP contribution < -0.4 is 15.8 Å². The van der Waals surface area contributed by atoms with E-state index in [1.54, 1.807) is 7.11 Å². The van der Waals surface area contributed by atoms with Gasteiger partial charge in [0.15, 0.2) is 0 Å². The van der Waals surface area contributed by atoms with Gasteiger partial charge in [-0.3, -0.25) is 9.69 Å². The summed E-state index contributed by atoms with van der Waals surface area (Å²) >= 11 is 0. The molecule has 0 saturated carbocycles. The molecular weight excluding hydrogens is 326 g/mol. The number of carbonyl (C=O) groups is 1. The number of carbonyl (C=O) groups excluding carboxylic acids is 1. The standard InChI is InChI=1S/C21H27N3O2/c1-15(21(25)23-12-17-10-6-7-11-20(17)26-2)24-13-18(19(22)14-24)16-8-4-3-5-9-16/h3-11,15,18-19H,12-14,22H2,1-2H3,(H,23,25)/t15?,18-,19+/m0/s1. The maximum atomic E-state index is 12.6. The predicted octanol–water partition coefficient (Wildman–Crippen LogP) is 2.13. The Morgan fingerprint density at radius 1 is 1.19 bits per heavy atom. The first-order valence-electron chi connectivity index (χ1n) is 9.04. The molecule has 1 saturated heterocycles. The van der Waals surface area contributed by atoms with Crippen LogP contribution in [-0.2, 0) is 11.3 Å². The third-order valence-corrected chi connectivity index (χ3v) is 5.19. The molecule has 1 fully saturated rings. The number of nitrogens with two attached hydrogens (primary N) is 1. The molecule has 5 heteroatoms. The summed E-state index contributed by atoms with van der Waals surface area (Å²) in [4.78, 5) is 14.8. The molecule has 3 N–H and O–H groups in total. The Hall–Kier alpha value is -2.37. The first kappa shape index (κ1) is 18.4. The van der Waals surface area contributed by atoms with Gasteiger partial charge in [0.05, 0.1) is 13.2 Å². The van der Waals surface area contributed by atoms with E-state index in [0.717, 1.165) is 24.4 Å². The molecule has 138 valence electrons. The van der Waals surface area contributed by atoms with E-state index in [1.165, 1.54) is 5.56 Å². The maximum Gasteiger partial charge on any atom is 0.237 e. The average molecular weight is 353 g/mol.